The first kappa shape index (κ1) is 12.3. The zero-order chi connectivity index (χ0) is 11.1. The first-order valence-electron chi connectivity index (χ1n) is 5.99. The number of methoxy groups -OCH3 is 1. The summed E-state index contributed by atoms with van der Waals surface area (Å²) in [5, 5.41) is 0. The highest BCUT2D eigenvalue weighted by Gasteiger charge is 2.28. The Bertz CT molecular complexity index is 221. The molecule has 0 saturated heterocycles. The molecule has 0 N–H and O–H groups in total. The fraction of sp³-hybridized carbons (Fsp3) is 0.769. The van der Waals surface area contributed by atoms with Gasteiger partial charge in [0, 0.05) is 6.42 Å². The number of hydrogen-bond donors (Lipinski definition) is 0. The van der Waals surface area contributed by atoms with Crippen molar-refractivity contribution >= 4 is 5.97 Å². The molecule has 0 spiro atoms. The Labute approximate surface area is 92.7 Å². The Kier molecular flexibility index (Phi) is 5.44. The zero-order valence-corrected chi connectivity index (χ0v) is 9.87. The molecular weight excluding hydrogens is 188 g/mol. The summed E-state index contributed by atoms with van der Waals surface area (Å²) in [7, 11) is 1.48. The van der Waals surface area contributed by atoms with E-state index in [1.54, 1.807) is 0 Å². The molecule has 0 heterocycles. The first-order chi connectivity index (χ1) is 7.27. The molecule has 0 bridgehead atoms. The second kappa shape index (κ2) is 6.65. The van der Waals surface area contributed by atoms with Crippen molar-refractivity contribution in [1.82, 2.24) is 0 Å². The quantitative estimate of drug-likeness (QED) is 0.514. The van der Waals surface area contributed by atoms with E-state index in [0.29, 0.717) is 18.3 Å². The second-order valence-electron chi connectivity index (χ2n) is 4.35. The van der Waals surface area contributed by atoms with Crippen LogP contribution in [0.25, 0.3) is 0 Å². The molecule has 0 aromatic rings. The average Bonchev–Trinajstić information content (AvgIpc) is 2.66. The van der Waals surface area contributed by atoms with Gasteiger partial charge < -0.3 is 4.74 Å². The first-order valence-corrected chi connectivity index (χ1v) is 5.99. The molecule has 0 unspecified atom stereocenters. The van der Waals surface area contributed by atoms with Gasteiger partial charge in [-0.3, -0.25) is 4.79 Å². The molecule has 0 aliphatic heterocycles. The molecule has 2 atom stereocenters. The molecular formula is C13H22O2. The van der Waals surface area contributed by atoms with E-state index in [4.69, 9.17) is 4.74 Å². The minimum atomic E-state index is -0.0497. The Morgan fingerprint density at radius 1 is 1.33 bits per heavy atom. The molecule has 1 aliphatic rings. The lowest BCUT2D eigenvalue weighted by atomic mass is 9.90. The van der Waals surface area contributed by atoms with Crippen molar-refractivity contribution in [3.05, 3.63) is 12.2 Å². The van der Waals surface area contributed by atoms with Gasteiger partial charge in [0.1, 0.15) is 0 Å². The summed E-state index contributed by atoms with van der Waals surface area (Å²) < 4.78 is 4.73. The van der Waals surface area contributed by atoms with Crippen LogP contribution in [0, 0.1) is 11.8 Å². The molecule has 1 rings (SSSR count). The van der Waals surface area contributed by atoms with Crippen LogP contribution in [-0.2, 0) is 9.53 Å². The number of esters is 1. The van der Waals surface area contributed by atoms with Crippen molar-refractivity contribution in [2.45, 2.75) is 45.4 Å². The van der Waals surface area contributed by atoms with Crippen LogP contribution >= 0.6 is 0 Å². The Hall–Kier alpha value is -0.790. The van der Waals surface area contributed by atoms with Crippen LogP contribution in [0.2, 0.25) is 0 Å². The van der Waals surface area contributed by atoms with Crippen molar-refractivity contribution in [3.63, 3.8) is 0 Å². The summed E-state index contributed by atoms with van der Waals surface area (Å²) in [5.74, 6) is 1.21. The molecule has 0 radical (unpaired) electrons. The highest BCUT2D eigenvalue weighted by molar-refractivity contribution is 5.69. The molecule has 86 valence electrons. The maximum Gasteiger partial charge on any atom is 0.305 e. The van der Waals surface area contributed by atoms with Crippen LogP contribution < -0.4 is 0 Å². The van der Waals surface area contributed by atoms with E-state index in [0.717, 1.165) is 12.8 Å². The van der Waals surface area contributed by atoms with Crippen LogP contribution in [-0.4, -0.2) is 13.1 Å². The number of rotatable bonds is 5. The van der Waals surface area contributed by atoms with Crippen molar-refractivity contribution < 1.29 is 9.53 Å². The number of allylic oxidation sites excluding steroid dienone is 2. The van der Waals surface area contributed by atoms with Crippen molar-refractivity contribution in [1.29, 1.82) is 0 Å². The maximum atomic E-state index is 11.2. The van der Waals surface area contributed by atoms with E-state index in [-0.39, 0.29) is 5.97 Å². The van der Waals surface area contributed by atoms with Crippen LogP contribution in [0.15, 0.2) is 12.2 Å². The number of hydrogen-bond acceptors (Lipinski definition) is 2. The van der Waals surface area contributed by atoms with Crippen molar-refractivity contribution in [2.75, 3.05) is 7.11 Å². The Morgan fingerprint density at radius 2 is 2.07 bits per heavy atom. The highest BCUT2D eigenvalue weighted by atomic mass is 16.5. The molecule has 1 fully saturated rings. The smallest absolute Gasteiger partial charge is 0.305 e. The van der Waals surface area contributed by atoms with Crippen LogP contribution in [0.3, 0.4) is 0 Å². The fourth-order valence-electron chi connectivity index (χ4n) is 2.43. The van der Waals surface area contributed by atoms with Gasteiger partial charge in [-0.25, -0.2) is 0 Å². The monoisotopic (exact) mass is 210 g/mol. The lowest BCUT2D eigenvalue weighted by molar-refractivity contribution is -0.142. The average molecular weight is 210 g/mol. The summed E-state index contributed by atoms with van der Waals surface area (Å²) in [6.07, 6.45) is 11.1. The highest BCUT2D eigenvalue weighted by Crippen LogP contribution is 2.36. The van der Waals surface area contributed by atoms with Gasteiger partial charge in [-0.2, -0.15) is 0 Å². The molecule has 2 heteroatoms. The molecule has 0 aromatic carbocycles. The minimum absolute atomic E-state index is 0.0497. The molecule has 15 heavy (non-hydrogen) atoms. The Balaban J connectivity index is 2.35. The maximum absolute atomic E-state index is 11.2. The SMILES string of the molecule is CC/C=C\C[C@@H]1CCC[C@@H]1CC(=O)OC. The number of carbonyl (C=O) groups is 1. The van der Waals surface area contributed by atoms with Gasteiger partial charge in [0.15, 0.2) is 0 Å². The lowest BCUT2D eigenvalue weighted by Crippen LogP contribution is -2.13. The third kappa shape index (κ3) is 4.06. The van der Waals surface area contributed by atoms with E-state index < -0.39 is 0 Å². The van der Waals surface area contributed by atoms with Crippen LogP contribution in [0.4, 0.5) is 0 Å². The predicted molar refractivity (Wildman–Crippen MR) is 61.5 cm³/mol. The van der Waals surface area contributed by atoms with Gasteiger partial charge in [-0.05, 0) is 37.5 Å². The third-order valence-electron chi connectivity index (χ3n) is 3.31. The zero-order valence-electron chi connectivity index (χ0n) is 9.87. The van der Waals surface area contributed by atoms with Gasteiger partial charge in [-0.15, -0.1) is 0 Å². The van der Waals surface area contributed by atoms with E-state index in [1.807, 2.05) is 0 Å². The van der Waals surface area contributed by atoms with E-state index in [1.165, 1.54) is 26.4 Å². The molecule has 1 aliphatic carbocycles. The fourth-order valence-corrected chi connectivity index (χ4v) is 2.43. The van der Waals surface area contributed by atoms with Gasteiger partial charge in [0.2, 0.25) is 0 Å². The summed E-state index contributed by atoms with van der Waals surface area (Å²) in [6.45, 7) is 2.15. The van der Waals surface area contributed by atoms with Crippen LogP contribution in [0.1, 0.15) is 45.4 Å². The molecule has 0 amide bonds. The topological polar surface area (TPSA) is 26.3 Å². The van der Waals surface area contributed by atoms with Gasteiger partial charge in [0.25, 0.3) is 0 Å². The summed E-state index contributed by atoms with van der Waals surface area (Å²) in [4.78, 5) is 11.2. The number of ether oxygens (including phenoxy) is 1. The third-order valence-corrected chi connectivity index (χ3v) is 3.31. The summed E-state index contributed by atoms with van der Waals surface area (Å²) >= 11 is 0. The normalized spacial score (nSPS) is 26.0. The summed E-state index contributed by atoms with van der Waals surface area (Å²) in [6, 6.07) is 0. The van der Waals surface area contributed by atoms with Gasteiger partial charge in [-0.1, -0.05) is 25.5 Å². The van der Waals surface area contributed by atoms with E-state index in [9.17, 15) is 4.79 Å². The standard InChI is InChI=1S/C13H22O2/c1-3-4-5-7-11-8-6-9-12(11)10-13(14)15-2/h4-5,11-12H,3,6-10H2,1-2H3/b5-4-/t11-,12-/m1/s1. The molecule has 2 nitrogen and oxygen atoms in total. The van der Waals surface area contributed by atoms with Crippen LogP contribution in [0.5, 0.6) is 0 Å². The van der Waals surface area contributed by atoms with E-state index >= 15 is 0 Å². The van der Waals surface area contributed by atoms with Crippen molar-refractivity contribution in [3.8, 4) is 0 Å². The van der Waals surface area contributed by atoms with Crippen molar-refractivity contribution in [2.24, 2.45) is 11.8 Å². The lowest BCUT2D eigenvalue weighted by Gasteiger charge is -2.16. The molecule has 1 saturated carbocycles. The largest absolute Gasteiger partial charge is 0.469 e. The number of carbonyl (C=O) groups excluding carboxylic acids is 1. The molecule has 0 aromatic heterocycles. The minimum Gasteiger partial charge on any atom is -0.469 e. The van der Waals surface area contributed by atoms with E-state index in [2.05, 4.69) is 19.1 Å². The summed E-state index contributed by atoms with van der Waals surface area (Å²) in [5.41, 5.74) is 0. The predicted octanol–water partition coefficient (Wildman–Crippen LogP) is 3.32. The Morgan fingerprint density at radius 3 is 2.73 bits per heavy atom. The second-order valence-corrected chi connectivity index (χ2v) is 4.35. The van der Waals surface area contributed by atoms with Gasteiger partial charge >= 0.3 is 5.97 Å². The van der Waals surface area contributed by atoms with Gasteiger partial charge in [0.05, 0.1) is 7.11 Å².